The van der Waals surface area contributed by atoms with Crippen molar-refractivity contribution in [3.8, 4) is 5.75 Å². The molecule has 4 heteroatoms. The van der Waals surface area contributed by atoms with E-state index in [4.69, 9.17) is 9.57 Å². The Morgan fingerprint density at radius 3 is 2.56 bits per heavy atom. The van der Waals surface area contributed by atoms with Crippen molar-refractivity contribution in [1.29, 1.82) is 0 Å². The Hall–Kier alpha value is -2.43. The number of ketones is 1. The largest absolute Gasteiger partial charge is 0.497 e. The van der Waals surface area contributed by atoms with Gasteiger partial charge in [0.25, 0.3) is 0 Å². The van der Waals surface area contributed by atoms with Gasteiger partial charge in [0.1, 0.15) is 11.9 Å². The van der Waals surface area contributed by atoms with Crippen LogP contribution in [0.2, 0.25) is 0 Å². The molecule has 0 unspecified atom stereocenters. The third kappa shape index (κ3) is 4.56. The van der Waals surface area contributed by atoms with E-state index < -0.39 is 0 Å². The zero-order valence-corrected chi connectivity index (χ0v) is 14.6. The van der Waals surface area contributed by atoms with Crippen molar-refractivity contribution in [3.05, 3.63) is 71.8 Å². The maximum Gasteiger partial charge on any atom is 0.160 e. The number of ether oxygens (including phenoxy) is 1. The molecule has 1 aliphatic rings. The van der Waals surface area contributed by atoms with Crippen LogP contribution in [0, 0.1) is 0 Å². The van der Waals surface area contributed by atoms with Crippen LogP contribution in [0.3, 0.4) is 0 Å². The highest BCUT2D eigenvalue weighted by atomic mass is 16.7. The molecule has 0 aliphatic carbocycles. The van der Waals surface area contributed by atoms with Gasteiger partial charge in [-0.25, -0.2) is 0 Å². The summed E-state index contributed by atoms with van der Waals surface area (Å²) in [7, 11) is 1.66. The average molecular weight is 337 g/mol. The molecule has 1 saturated heterocycles. The highest BCUT2D eigenvalue weighted by molar-refractivity contribution is 5.80. The van der Waals surface area contributed by atoms with Crippen molar-refractivity contribution in [3.63, 3.8) is 0 Å². The lowest BCUT2D eigenvalue weighted by Gasteiger charge is -2.20. The molecule has 1 aliphatic heterocycles. The lowest BCUT2D eigenvalue weighted by molar-refractivity contribution is -0.171. The van der Waals surface area contributed by atoms with E-state index in [-0.39, 0.29) is 17.9 Å². The van der Waals surface area contributed by atoms with Gasteiger partial charge in [-0.15, -0.1) is 0 Å². The third-order valence-corrected chi connectivity index (χ3v) is 4.35. The molecule has 0 spiro atoms. The lowest BCUT2D eigenvalue weighted by Crippen LogP contribution is -2.26. The zero-order valence-electron chi connectivity index (χ0n) is 14.6. The first-order valence-corrected chi connectivity index (χ1v) is 8.46. The number of Topliss-reactive ketones (excluding diaryl/α,β-unsaturated/α-hetero) is 1. The number of methoxy groups -OCH3 is 1. The van der Waals surface area contributed by atoms with E-state index in [1.54, 1.807) is 14.0 Å². The van der Waals surface area contributed by atoms with Crippen LogP contribution in [-0.4, -0.2) is 30.1 Å². The first-order chi connectivity index (χ1) is 12.2. The smallest absolute Gasteiger partial charge is 0.160 e. The van der Waals surface area contributed by atoms with E-state index in [1.807, 2.05) is 47.5 Å². The second-order valence-corrected chi connectivity index (χ2v) is 6.20. The molecule has 0 bridgehead atoms. The van der Waals surface area contributed by atoms with Crippen LogP contribution in [0.5, 0.6) is 5.75 Å². The number of rotatable bonds is 6. The molecular formula is C21H23NO3. The minimum Gasteiger partial charge on any atom is -0.497 e. The number of hydrogen-bond donors (Lipinski definition) is 0. The van der Waals surface area contributed by atoms with Gasteiger partial charge in [0, 0.05) is 13.0 Å². The van der Waals surface area contributed by atoms with Crippen LogP contribution in [-0.2, 0) is 16.2 Å². The fourth-order valence-electron chi connectivity index (χ4n) is 2.89. The minimum atomic E-state index is -0.366. The predicted octanol–water partition coefficient (Wildman–Crippen LogP) is 3.87. The predicted molar refractivity (Wildman–Crippen MR) is 98.0 cm³/mol. The Kier molecular flexibility index (Phi) is 5.64. The normalized spacial score (nSPS) is 20.9. The van der Waals surface area contributed by atoms with Crippen LogP contribution in [0.15, 0.2) is 60.7 Å². The van der Waals surface area contributed by atoms with Crippen LogP contribution >= 0.6 is 0 Å². The highest BCUT2D eigenvalue weighted by Crippen LogP contribution is 2.26. The van der Waals surface area contributed by atoms with Crippen molar-refractivity contribution in [1.82, 2.24) is 5.06 Å². The van der Waals surface area contributed by atoms with E-state index in [0.717, 1.165) is 16.9 Å². The monoisotopic (exact) mass is 337 g/mol. The number of nitrogens with zero attached hydrogens (tertiary/aromatic N) is 1. The number of benzene rings is 2. The summed E-state index contributed by atoms with van der Waals surface area (Å²) >= 11 is 0. The molecule has 2 atom stereocenters. The van der Waals surface area contributed by atoms with Crippen molar-refractivity contribution in [2.75, 3.05) is 7.11 Å². The Morgan fingerprint density at radius 1 is 1.20 bits per heavy atom. The fourth-order valence-corrected chi connectivity index (χ4v) is 2.89. The lowest BCUT2D eigenvalue weighted by atomic mass is 10.1. The maximum atomic E-state index is 11.7. The summed E-state index contributed by atoms with van der Waals surface area (Å²) in [6.07, 6.45) is 4.48. The van der Waals surface area contributed by atoms with Gasteiger partial charge >= 0.3 is 0 Å². The minimum absolute atomic E-state index is 0.0659. The summed E-state index contributed by atoms with van der Waals surface area (Å²) in [6.45, 7) is 2.24. The molecule has 25 heavy (non-hydrogen) atoms. The SMILES string of the molecule is COc1ccc(/C=C/[C@H]2C[C@@H](C(C)=O)ON2Cc2ccccc2)cc1. The Labute approximate surface area is 148 Å². The van der Waals surface area contributed by atoms with Crippen LogP contribution in [0.1, 0.15) is 24.5 Å². The molecule has 4 nitrogen and oxygen atoms in total. The van der Waals surface area contributed by atoms with Crippen molar-refractivity contribution in [2.45, 2.75) is 32.0 Å². The number of hydrogen-bond acceptors (Lipinski definition) is 4. The molecule has 2 aromatic carbocycles. The summed E-state index contributed by atoms with van der Waals surface area (Å²) in [4.78, 5) is 17.6. The molecule has 3 rings (SSSR count). The first kappa shape index (κ1) is 17.4. The van der Waals surface area contributed by atoms with E-state index >= 15 is 0 Å². The van der Waals surface area contributed by atoms with Crippen LogP contribution in [0.25, 0.3) is 6.08 Å². The first-order valence-electron chi connectivity index (χ1n) is 8.46. The molecule has 0 aromatic heterocycles. The summed E-state index contributed by atoms with van der Waals surface area (Å²) in [5.41, 5.74) is 2.25. The van der Waals surface area contributed by atoms with E-state index in [1.165, 1.54) is 0 Å². The van der Waals surface area contributed by atoms with Gasteiger partial charge in [0.15, 0.2) is 5.78 Å². The molecule has 1 heterocycles. The van der Waals surface area contributed by atoms with Gasteiger partial charge < -0.3 is 4.74 Å². The molecule has 0 amide bonds. The molecule has 0 N–H and O–H groups in total. The molecule has 1 fully saturated rings. The fraction of sp³-hybridized carbons (Fsp3) is 0.286. The van der Waals surface area contributed by atoms with Crippen LogP contribution < -0.4 is 4.74 Å². The van der Waals surface area contributed by atoms with E-state index in [2.05, 4.69) is 24.3 Å². The van der Waals surface area contributed by atoms with Crippen molar-refractivity contribution >= 4 is 11.9 Å². The topological polar surface area (TPSA) is 38.8 Å². The standard InChI is InChI=1S/C21H23NO3/c1-16(23)21-14-19(11-8-17-9-12-20(24-2)13-10-17)22(25-21)15-18-6-4-3-5-7-18/h3-13,19,21H,14-15H2,1-2H3/b11-8+/t19-,21-/m0/s1. The Balaban J connectivity index is 1.73. The highest BCUT2D eigenvalue weighted by Gasteiger charge is 2.34. The number of carbonyl (C=O) groups excluding carboxylic acids is 1. The van der Waals surface area contributed by atoms with E-state index in [0.29, 0.717) is 13.0 Å². The third-order valence-electron chi connectivity index (χ3n) is 4.35. The maximum absolute atomic E-state index is 11.7. The second kappa shape index (κ2) is 8.10. The average Bonchev–Trinajstić information content (AvgIpc) is 3.04. The number of hydroxylamine groups is 2. The quantitative estimate of drug-likeness (QED) is 0.802. The van der Waals surface area contributed by atoms with Crippen molar-refractivity contribution < 1.29 is 14.4 Å². The number of carbonyl (C=O) groups is 1. The Morgan fingerprint density at radius 2 is 1.92 bits per heavy atom. The van der Waals surface area contributed by atoms with Gasteiger partial charge in [0.05, 0.1) is 13.2 Å². The van der Waals surface area contributed by atoms with Crippen molar-refractivity contribution in [2.24, 2.45) is 0 Å². The van der Waals surface area contributed by atoms with Crippen LogP contribution in [0.4, 0.5) is 0 Å². The van der Waals surface area contributed by atoms with E-state index in [9.17, 15) is 4.79 Å². The zero-order chi connectivity index (χ0) is 17.6. The summed E-state index contributed by atoms with van der Waals surface area (Å²) in [5.74, 6) is 0.905. The van der Waals surface area contributed by atoms with Gasteiger partial charge in [-0.2, -0.15) is 5.06 Å². The Bertz CT molecular complexity index is 725. The van der Waals surface area contributed by atoms with Gasteiger partial charge in [-0.05, 0) is 30.2 Å². The summed E-state index contributed by atoms with van der Waals surface area (Å²) in [5, 5.41) is 1.90. The van der Waals surface area contributed by atoms with Gasteiger partial charge in [-0.3, -0.25) is 9.63 Å². The molecule has 0 radical (unpaired) electrons. The summed E-state index contributed by atoms with van der Waals surface area (Å²) in [6, 6.07) is 18.1. The summed E-state index contributed by atoms with van der Waals surface area (Å²) < 4.78 is 5.18. The molecule has 0 saturated carbocycles. The second-order valence-electron chi connectivity index (χ2n) is 6.20. The van der Waals surface area contributed by atoms with Gasteiger partial charge in [0.2, 0.25) is 0 Å². The molecule has 130 valence electrons. The molecular weight excluding hydrogens is 314 g/mol. The molecule has 2 aromatic rings. The van der Waals surface area contributed by atoms with Gasteiger partial charge in [-0.1, -0.05) is 54.6 Å².